The van der Waals surface area contributed by atoms with Crippen molar-refractivity contribution >= 4 is 0 Å². The normalized spacial score (nSPS) is 28.8. The second kappa shape index (κ2) is 7.37. The van der Waals surface area contributed by atoms with E-state index in [9.17, 15) is 0 Å². The summed E-state index contributed by atoms with van der Waals surface area (Å²) in [6.07, 6.45) is 10.1. The Morgan fingerprint density at radius 1 is 1.19 bits per heavy atom. The zero-order valence-electron chi connectivity index (χ0n) is 15.7. The predicted octanol–water partition coefficient (Wildman–Crippen LogP) is 2.68. The van der Waals surface area contributed by atoms with Crippen LogP contribution >= 0.6 is 0 Å². The fourth-order valence-electron chi connectivity index (χ4n) is 4.59. The zero-order chi connectivity index (χ0) is 18.0. The molecule has 0 spiro atoms. The maximum Gasteiger partial charge on any atom is 0.213 e. The summed E-state index contributed by atoms with van der Waals surface area (Å²) < 4.78 is 14.4. The predicted molar refractivity (Wildman–Crippen MR) is 99.2 cm³/mol. The van der Waals surface area contributed by atoms with Gasteiger partial charge in [0.1, 0.15) is 11.9 Å². The largest absolute Gasteiger partial charge is 0.474 e. The van der Waals surface area contributed by atoms with Gasteiger partial charge in [-0.3, -0.25) is 4.90 Å². The van der Waals surface area contributed by atoms with Gasteiger partial charge in [0, 0.05) is 63.9 Å². The van der Waals surface area contributed by atoms with E-state index < -0.39 is 0 Å². The van der Waals surface area contributed by atoms with Crippen molar-refractivity contribution in [2.45, 2.75) is 56.9 Å². The standard InChI is InChI=1S/C20H28N4O2/c1-16-21-10-12-23(16)13-14-24-11-8-20(25-2)7-6-17(15-18(20)24)26-19-5-3-4-9-22-19/h3-5,9-10,12,17-18H,6-8,11,13-15H2,1-2H3/t17-,18+,20-/m1/s1. The second-order valence-corrected chi connectivity index (χ2v) is 7.42. The second-order valence-electron chi connectivity index (χ2n) is 7.42. The summed E-state index contributed by atoms with van der Waals surface area (Å²) in [6.45, 7) is 5.13. The lowest BCUT2D eigenvalue weighted by molar-refractivity contribution is -0.0834. The van der Waals surface area contributed by atoms with E-state index in [0.717, 1.165) is 57.0 Å². The number of hydrogen-bond donors (Lipinski definition) is 0. The first kappa shape index (κ1) is 17.5. The molecule has 2 aromatic rings. The van der Waals surface area contributed by atoms with Crippen LogP contribution in [0.25, 0.3) is 0 Å². The summed E-state index contributed by atoms with van der Waals surface area (Å²) in [6, 6.07) is 6.23. The topological polar surface area (TPSA) is 52.4 Å². The van der Waals surface area contributed by atoms with Crippen molar-refractivity contribution in [2.75, 3.05) is 20.2 Å². The van der Waals surface area contributed by atoms with E-state index in [1.54, 1.807) is 6.20 Å². The summed E-state index contributed by atoms with van der Waals surface area (Å²) in [4.78, 5) is 11.2. The van der Waals surface area contributed by atoms with Crippen LogP contribution < -0.4 is 4.74 Å². The Morgan fingerprint density at radius 2 is 2.12 bits per heavy atom. The Hall–Kier alpha value is -1.92. The SMILES string of the molecule is CO[C@@]12CC[C@@H](Oc3ccccn3)C[C@@H]1N(CCn1ccnc1C)CC2. The van der Waals surface area contributed by atoms with Gasteiger partial charge in [-0.25, -0.2) is 9.97 Å². The average Bonchev–Trinajstić information content (AvgIpc) is 3.24. The first-order valence-electron chi connectivity index (χ1n) is 9.55. The number of pyridine rings is 1. The van der Waals surface area contributed by atoms with Crippen molar-refractivity contribution in [1.82, 2.24) is 19.4 Å². The molecular weight excluding hydrogens is 328 g/mol. The average molecular weight is 356 g/mol. The van der Waals surface area contributed by atoms with Crippen LogP contribution in [0.3, 0.4) is 0 Å². The fourth-order valence-corrected chi connectivity index (χ4v) is 4.59. The molecule has 6 nitrogen and oxygen atoms in total. The van der Waals surface area contributed by atoms with Crippen LogP contribution in [0.2, 0.25) is 0 Å². The van der Waals surface area contributed by atoms with E-state index in [2.05, 4.69) is 32.6 Å². The molecule has 0 unspecified atom stereocenters. The van der Waals surface area contributed by atoms with E-state index in [1.165, 1.54) is 0 Å². The molecular formula is C20H28N4O2. The van der Waals surface area contributed by atoms with Crippen molar-refractivity contribution in [3.8, 4) is 5.88 Å². The van der Waals surface area contributed by atoms with Gasteiger partial charge in [0.15, 0.2) is 0 Å². The molecule has 26 heavy (non-hydrogen) atoms. The number of hydrogen-bond acceptors (Lipinski definition) is 5. The molecule has 1 aliphatic carbocycles. The Balaban J connectivity index is 1.43. The Kier molecular flexibility index (Phi) is 4.96. The van der Waals surface area contributed by atoms with E-state index in [1.807, 2.05) is 31.5 Å². The maximum absolute atomic E-state index is 6.16. The lowest BCUT2D eigenvalue weighted by Crippen LogP contribution is -2.52. The van der Waals surface area contributed by atoms with Crippen LogP contribution in [0.1, 0.15) is 31.5 Å². The third kappa shape index (κ3) is 3.35. The summed E-state index contributed by atoms with van der Waals surface area (Å²) in [5.41, 5.74) is -0.0199. The summed E-state index contributed by atoms with van der Waals surface area (Å²) in [5.74, 6) is 1.79. The van der Waals surface area contributed by atoms with Crippen molar-refractivity contribution in [3.63, 3.8) is 0 Å². The molecule has 2 aromatic heterocycles. The molecule has 3 heterocycles. The summed E-state index contributed by atoms with van der Waals surface area (Å²) >= 11 is 0. The lowest BCUT2D eigenvalue weighted by Gasteiger charge is -2.43. The first-order valence-corrected chi connectivity index (χ1v) is 9.55. The minimum absolute atomic E-state index is 0.0199. The molecule has 140 valence electrons. The van der Waals surface area contributed by atoms with Gasteiger partial charge < -0.3 is 14.0 Å². The van der Waals surface area contributed by atoms with Crippen LogP contribution in [0.4, 0.5) is 0 Å². The quantitative estimate of drug-likeness (QED) is 0.796. The molecule has 1 saturated heterocycles. The van der Waals surface area contributed by atoms with Gasteiger partial charge in [0.05, 0.1) is 5.60 Å². The van der Waals surface area contributed by atoms with Gasteiger partial charge in [0.2, 0.25) is 5.88 Å². The van der Waals surface area contributed by atoms with Gasteiger partial charge in [-0.15, -0.1) is 0 Å². The van der Waals surface area contributed by atoms with Gasteiger partial charge in [-0.2, -0.15) is 0 Å². The van der Waals surface area contributed by atoms with Crippen LogP contribution in [-0.2, 0) is 11.3 Å². The Morgan fingerprint density at radius 3 is 2.85 bits per heavy atom. The molecule has 3 atom stereocenters. The number of nitrogens with zero attached hydrogens (tertiary/aromatic N) is 4. The molecule has 0 N–H and O–H groups in total. The molecule has 1 saturated carbocycles. The number of imidazole rings is 1. The van der Waals surface area contributed by atoms with Gasteiger partial charge in [-0.05, 0) is 32.3 Å². The smallest absolute Gasteiger partial charge is 0.213 e. The first-order chi connectivity index (χ1) is 12.7. The van der Waals surface area contributed by atoms with Crippen LogP contribution in [0, 0.1) is 6.92 Å². The van der Waals surface area contributed by atoms with Crippen molar-refractivity contribution in [1.29, 1.82) is 0 Å². The van der Waals surface area contributed by atoms with E-state index in [-0.39, 0.29) is 11.7 Å². The van der Waals surface area contributed by atoms with Gasteiger partial charge in [0.25, 0.3) is 0 Å². The van der Waals surface area contributed by atoms with E-state index >= 15 is 0 Å². The van der Waals surface area contributed by atoms with Crippen molar-refractivity contribution in [3.05, 3.63) is 42.6 Å². The molecule has 2 fully saturated rings. The van der Waals surface area contributed by atoms with E-state index in [0.29, 0.717) is 6.04 Å². The van der Waals surface area contributed by atoms with E-state index in [4.69, 9.17) is 9.47 Å². The molecule has 0 bridgehead atoms. The number of rotatable bonds is 6. The molecule has 4 rings (SSSR count). The number of aromatic nitrogens is 3. The summed E-state index contributed by atoms with van der Waals surface area (Å²) in [5, 5.41) is 0. The Labute approximate surface area is 155 Å². The molecule has 1 aliphatic heterocycles. The number of likely N-dealkylation sites (tertiary alicyclic amines) is 1. The zero-order valence-corrected chi connectivity index (χ0v) is 15.7. The monoisotopic (exact) mass is 356 g/mol. The number of ether oxygens (including phenoxy) is 2. The molecule has 0 amide bonds. The van der Waals surface area contributed by atoms with Crippen molar-refractivity contribution < 1.29 is 9.47 Å². The highest BCUT2D eigenvalue weighted by Crippen LogP contribution is 2.43. The van der Waals surface area contributed by atoms with Crippen molar-refractivity contribution in [2.24, 2.45) is 0 Å². The highest BCUT2D eigenvalue weighted by molar-refractivity contribution is 5.11. The minimum Gasteiger partial charge on any atom is -0.474 e. The summed E-state index contributed by atoms with van der Waals surface area (Å²) in [7, 11) is 1.87. The lowest BCUT2D eigenvalue weighted by atomic mass is 9.79. The molecule has 6 heteroatoms. The van der Waals surface area contributed by atoms with Crippen LogP contribution in [0.15, 0.2) is 36.8 Å². The molecule has 0 radical (unpaired) electrons. The Bertz CT molecular complexity index is 720. The maximum atomic E-state index is 6.16. The van der Waals surface area contributed by atoms with Gasteiger partial charge >= 0.3 is 0 Å². The highest BCUT2D eigenvalue weighted by atomic mass is 16.5. The molecule has 2 aliphatic rings. The number of aryl methyl sites for hydroxylation is 1. The highest BCUT2D eigenvalue weighted by Gasteiger charge is 2.51. The fraction of sp³-hybridized carbons (Fsp3) is 0.600. The van der Waals surface area contributed by atoms with Crippen LogP contribution in [-0.4, -0.2) is 57.4 Å². The number of methoxy groups -OCH3 is 1. The number of fused-ring (bicyclic) bond motifs is 1. The molecule has 0 aromatic carbocycles. The van der Waals surface area contributed by atoms with Crippen LogP contribution in [0.5, 0.6) is 5.88 Å². The third-order valence-corrected chi connectivity index (χ3v) is 6.13. The third-order valence-electron chi connectivity index (χ3n) is 6.13. The van der Waals surface area contributed by atoms with Gasteiger partial charge in [-0.1, -0.05) is 6.07 Å². The minimum atomic E-state index is -0.0199.